The van der Waals surface area contributed by atoms with Gasteiger partial charge in [0.05, 0.1) is 20.8 Å². The van der Waals surface area contributed by atoms with E-state index in [4.69, 9.17) is 14.2 Å². The number of fused-ring (bicyclic) bond motifs is 1. The fraction of sp³-hybridized carbons (Fsp3) is 0.391. The molecule has 0 amide bonds. The van der Waals surface area contributed by atoms with Gasteiger partial charge in [-0.1, -0.05) is 55.7 Å². The first-order chi connectivity index (χ1) is 12.7. The SMILES string of the molecule is CCCC/C=C1/c2cc(OC)c(OC)cc2COC1c1ccc(C)cc1. The molecular formula is C23H28O3. The highest BCUT2D eigenvalue weighted by molar-refractivity contribution is 5.76. The zero-order valence-corrected chi connectivity index (χ0v) is 16.2. The number of hydrogen-bond acceptors (Lipinski definition) is 3. The van der Waals surface area contributed by atoms with Gasteiger partial charge in [0.25, 0.3) is 0 Å². The molecule has 0 aliphatic carbocycles. The van der Waals surface area contributed by atoms with Crippen LogP contribution in [0.3, 0.4) is 0 Å². The summed E-state index contributed by atoms with van der Waals surface area (Å²) >= 11 is 0. The van der Waals surface area contributed by atoms with Gasteiger partial charge in [-0.2, -0.15) is 0 Å². The van der Waals surface area contributed by atoms with Crippen LogP contribution in [0.25, 0.3) is 5.57 Å². The smallest absolute Gasteiger partial charge is 0.161 e. The third kappa shape index (κ3) is 3.78. The molecule has 0 N–H and O–H groups in total. The Morgan fingerprint density at radius 3 is 2.42 bits per heavy atom. The average molecular weight is 352 g/mol. The molecule has 1 unspecified atom stereocenters. The molecule has 1 aliphatic rings. The Labute approximate surface area is 156 Å². The molecular weight excluding hydrogens is 324 g/mol. The predicted octanol–water partition coefficient (Wildman–Crippen LogP) is 5.86. The standard InChI is InChI=1S/C23H28O3/c1-5-6-7-8-19-20-14-22(25-4)21(24-3)13-18(20)15-26-23(19)17-11-9-16(2)10-12-17/h8-14,23H,5-7,15H2,1-4H3/b19-8-. The van der Waals surface area contributed by atoms with Gasteiger partial charge in [0, 0.05) is 0 Å². The van der Waals surface area contributed by atoms with Crippen LogP contribution in [-0.2, 0) is 11.3 Å². The molecule has 1 heterocycles. The van der Waals surface area contributed by atoms with Crippen molar-refractivity contribution in [2.45, 2.75) is 45.8 Å². The molecule has 0 saturated heterocycles. The molecule has 0 saturated carbocycles. The highest BCUT2D eigenvalue weighted by atomic mass is 16.5. The van der Waals surface area contributed by atoms with Crippen LogP contribution in [-0.4, -0.2) is 14.2 Å². The number of allylic oxidation sites excluding steroid dienone is 1. The molecule has 3 rings (SSSR count). The Balaban J connectivity index is 2.06. The van der Waals surface area contributed by atoms with Crippen molar-refractivity contribution >= 4 is 5.57 Å². The Morgan fingerprint density at radius 1 is 1.08 bits per heavy atom. The maximum Gasteiger partial charge on any atom is 0.161 e. The van der Waals surface area contributed by atoms with Crippen LogP contribution in [0, 0.1) is 6.92 Å². The predicted molar refractivity (Wildman–Crippen MR) is 106 cm³/mol. The van der Waals surface area contributed by atoms with Gasteiger partial charge in [-0.05, 0) is 47.7 Å². The molecule has 26 heavy (non-hydrogen) atoms. The number of unbranched alkanes of at least 4 members (excludes halogenated alkanes) is 2. The fourth-order valence-corrected chi connectivity index (χ4v) is 3.41. The van der Waals surface area contributed by atoms with Gasteiger partial charge in [-0.25, -0.2) is 0 Å². The second kappa shape index (κ2) is 8.41. The summed E-state index contributed by atoms with van der Waals surface area (Å²) in [5.41, 5.74) is 6.03. The van der Waals surface area contributed by atoms with Crippen LogP contribution in [0.15, 0.2) is 42.5 Å². The molecule has 1 aliphatic heterocycles. The Kier molecular flexibility index (Phi) is 6.00. The third-order valence-electron chi connectivity index (χ3n) is 4.91. The first-order valence-corrected chi connectivity index (χ1v) is 9.31. The lowest BCUT2D eigenvalue weighted by atomic mass is 9.88. The Morgan fingerprint density at radius 2 is 1.77 bits per heavy atom. The number of methoxy groups -OCH3 is 2. The summed E-state index contributed by atoms with van der Waals surface area (Å²) in [5, 5.41) is 0. The van der Waals surface area contributed by atoms with Crippen molar-refractivity contribution in [2.24, 2.45) is 0 Å². The van der Waals surface area contributed by atoms with Crippen molar-refractivity contribution in [1.29, 1.82) is 0 Å². The molecule has 2 aromatic rings. The van der Waals surface area contributed by atoms with Crippen LogP contribution in [0.4, 0.5) is 0 Å². The van der Waals surface area contributed by atoms with Crippen molar-refractivity contribution in [3.8, 4) is 11.5 Å². The monoisotopic (exact) mass is 352 g/mol. The Bertz CT molecular complexity index is 775. The van der Waals surface area contributed by atoms with Crippen molar-refractivity contribution in [2.75, 3.05) is 14.2 Å². The minimum atomic E-state index is -0.0435. The highest BCUT2D eigenvalue weighted by Crippen LogP contribution is 2.44. The first kappa shape index (κ1) is 18.5. The summed E-state index contributed by atoms with van der Waals surface area (Å²) < 4.78 is 17.3. The lowest BCUT2D eigenvalue weighted by Crippen LogP contribution is -2.15. The minimum Gasteiger partial charge on any atom is -0.493 e. The maximum absolute atomic E-state index is 6.28. The van der Waals surface area contributed by atoms with Gasteiger partial charge in [0.15, 0.2) is 11.5 Å². The topological polar surface area (TPSA) is 27.7 Å². The van der Waals surface area contributed by atoms with Gasteiger partial charge < -0.3 is 14.2 Å². The van der Waals surface area contributed by atoms with E-state index >= 15 is 0 Å². The molecule has 0 bridgehead atoms. The van der Waals surface area contributed by atoms with Crippen molar-refractivity contribution in [3.63, 3.8) is 0 Å². The lowest BCUT2D eigenvalue weighted by Gasteiger charge is -2.30. The summed E-state index contributed by atoms with van der Waals surface area (Å²) in [6.07, 6.45) is 5.69. The molecule has 1 atom stereocenters. The summed E-state index contributed by atoms with van der Waals surface area (Å²) in [5.74, 6) is 1.51. The van der Waals surface area contributed by atoms with E-state index in [-0.39, 0.29) is 6.10 Å². The number of ether oxygens (including phenoxy) is 3. The summed E-state index contributed by atoms with van der Waals surface area (Å²) in [6, 6.07) is 12.8. The number of benzene rings is 2. The quantitative estimate of drug-likeness (QED) is 0.610. The zero-order chi connectivity index (χ0) is 18.5. The van der Waals surface area contributed by atoms with E-state index in [0.717, 1.165) is 23.5 Å². The number of hydrogen-bond donors (Lipinski definition) is 0. The normalized spacial score (nSPS) is 17.8. The van der Waals surface area contributed by atoms with Crippen LogP contribution < -0.4 is 9.47 Å². The van der Waals surface area contributed by atoms with Crippen molar-refractivity contribution in [3.05, 3.63) is 64.7 Å². The van der Waals surface area contributed by atoms with Crippen LogP contribution in [0.5, 0.6) is 11.5 Å². The molecule has 0 radical (unpaired) electrons. The van der Waals surface area contributed by atoms with Crippen molar-refractivity contribution in [1.82, 2.24) is 0 Å². The second-order valence-corrected chi connectivity index (χ2v) is 6.77. The molecule has 3 nitrogen and oxygen atoms in total. The van der Waals surface area contributed by atoms with Gasteiger partial charge >= 0.3 is 0 Å². The van der Waals surface area contributed by atoms with Gasteiger partial charge in [-0.15, -0.1) is 0 Å². The van der Waals surface area contributed by atoms with E-state index in [2.05, 4.69) is 50.3 Å². The molecule has 138 valence electrons. The van der Waals surface area contributed by atoms with E-state index in [1.807, 2.05) is 6.07 Å². The highest BCUT2D eigenvalue weighted by Gasteiger charge is 2.27. The van der Waals surface area contributed by atoms with E-state index in [1.165, 1.54) is 35.1 Å². The lowest BCUT2D eigenvalue weighted by molar-refractivity contribution is 0.0707. The van der Waals surface area contributed by atoms with E-state index in [1.54, 1.807) is 14.2 Å². The van der Waals surface area contributed by atoms with E-state index in [0.29, 0.717) is 6.61 Å². The van der Waals surface area contributed by atoms with Crippen molar-refractivity contribution < 1.29 is 14.2 Å². The van der Waals surface area contributed by atoms with Crippen LogP contribution in [0.2, 0.25) is 0 Å². The number of rotatable bonds is 6. The largest absolute Gasteiger partial charge is 0.493 e. The third-order valence-corrected chi connectivity index (χ3v) is 4.91. The minimum absolute atomic E-state index is 0.0435. The van der Waals surface area contributed by atoms with Gasteiger partial charge in [0.1, 0.15) is 6.10 Å². The average Bonchev–Trinajstić information content (AvgIpc) is 2.67. The second-order valence-electron chi connectivity index (χ2n) is 6.77. The van der Waals surface area contributed by atoms with Gasteiger partial charge in [-0.3, -0.25) is 0 Å². The molecule has 0 aromatic heterocycles. The fourth-order valence-electron chi connectivity index (χ4n) is 3.41. The first-order valence-electron chi connectivity index (χ1n) is 9.31. The van der Waals surface area contributed by atoms with E-state index < -0.39 is 0 Å². The summed E-state index contributed by atoms with van der Waals surface area (Å²) in [6.45, 7) is 4.89. The van der Waals surface area contributed by atoms with Crippen LogP contribution in [0.1, 0.15) is 54.5 Å². The molecule has 3 heteroatoms. The summed E-state index contributed by atoms with van der Waals surface area (Å²) in [4.78, 5) is 0. The maximum atomic E-state index is 6.28. The zero-order valence-electron chi connectivity index (χ0n) is 16.2. The van der Waals surface area contributed by atoms with Gasteiger partial charge in [0.2, 0.25) is 0 Å². The van der Waals surface area contributed by atoms with Crippen LogP contribution >= 0.6 is 0 Å². The van der Waals surface area contributed by atoms with E-state index in [9.17, 15) is 0 Å². The molecule has 2 aromatic carbocycles. The summed E-state index contributed by atoms with van der Waals surface area (Å²) in [7, 11) is 3.35. The Hall–Kier alpha value is -2.26. The molecule has 0 fully saturated rings. The number of aryl methyl sites for hydroxylation is 1. The molecule has 0 spiro atoms.